The number of hydrogen-bond acceptors (Lipinski definition) is 4. The van der Waals surface area contributed by atoms with Crippen molar-refractivity contribution < 1.29 is 27.1 Å². The summed E-state index contributed by atoms with van der Waals surface area (Å²) in [5, 5.41) is -0.00324. The number of aromatic nitrogens is 1. The summed E-state index contributed by atoms with van der Waals surface area (Å²) < 4.78 is 56.6. The van der Waals surface area contributed by atoms with E-state index in [9.17, 15) is 22.4 Å². The lowest BCUT2D eigenvalue weighted by Gasteiger charge is -2.09. The Bertz CT molecular complexity index is 694. The zero-order chi connectivity index (χ0) is 15.8. The zero-order valence-corrected chi connectivity index (χ0v) is 11.7. The summed E-state index contributed by atoms with van der Waals surface area (Å²) in [6, 6.07) is 2.93. The number of carbonyl (C=O) groups excluding carboxylic acids is 1. The Kier molecular flexibility index (Phi) is 3.99. The molecule has 0 amide bonds. The third-order valence-corrected chi connectivity index (χ3v) is 3.87. The monoisotopic (exact) mass is 319 g/mol. The van der Waals surface area contributed by atoms with E-state index in [0.717, 1.165) is 17.4 Å². The smallest absolute Gasteiger partial charge is 0.419 e. The second-order valence-corrected chi connectivity index (χ2v) is 5.09. The van der Waals surface area contributed by atoms with Gasteiger partial charge in [0.2, 0.25) is 0 Å². The minimum absolute atomic E-state index is 0.00324. The molecule has 3 nitrogen and oxygen atoms in total. The molecule has 0 aliphatic rings. The normalized spacial score (nSPS) is 11.5. The third-order valence-electron chi connectivity index (χ3n) is 2.70. The summed E-state index contributed by atoms with van der Waals surface area (Å²) in [7, 11) is 1.17. The van der Waals surface area contributed by atoms with E-state index < -0.39 is 23.5 Å². The predicted octanol–water partition coefficient (Wildman–Crippen LogP) is 4.06. The van der Waals surface area contributed by atoms with Crippen LogP contribution in [0.5, 0.6) is 0 Å². The van der Waals surface area contributed by atoms with Crippen LogP contribution in [0.15, 0.2) is 18.2 Å². The number of ether oxygens (including phenoxy) is 1. The van der Waals surface area contributed by atoms with Gasteiger partial charge in [-0.2, -0.15) is 13.2 Å². The topological polar surface area (TPSA) is 39.2 Å². The molecule has 0 radical (unpaired) electrons. The van der Waals surface area contributed by atoms with Crippen LogP contribution in [-0.4, -0.2) is 18.1 Å². The quantitative estimate of drug-likeness (QED) is 0.619. The molecule has 21 heavy (non-hydrogen) atoms. The molecule has 0 N–H and O–H groups in total. The molecule has 2 rings (SSSR count). The van der Waals surface area contributed by atoms with Gasteiger partial charge in [0.25, 0.3) is 0 Å². The number of aryl methyl sites for hydroxylation is 1. The van der Waals surface area contributed by atoms with Gasteiger partial charge >= 0.3 is 12.1 Å². The van der Waals surface area contributed by atoms with E-state index in [1.807, 2.05) is 0 Å². The molecule has 112 valence electrons. The first-order valence-electron chi connectivity index (χ1n) is 5.67. The molecule has 0 fully saturated rings. The Morgan fingerprint density at radius 1 is 1.33 bits per heavy atom. The number of esters is 1. The van der Waals surface area contributed by atoms with Gasteiger partial charge in [-0.1, -0.05) is 6.07 Å². The van der Waals surface area contributed by atoms with Crippen LogP contribution in [0.1, 0.15) is 20.9 Å². The van der Waals surface area contributed by atoms with E-state index in [-0.39, 0.29) is 21.1 Å². The number of rotatable bonds is 2. The highest BCUT2D eigenvalue weighted by atomic mass is 32.1. The first kappa shape index (κ1) is 15.4. The summed E-state index contributed by atoms with van der Waals surface area (Å²) in [6.45, 7) is 1.50. The van der Waals surface area contributed by atoms with E-state index in [4.69, 9.17) is 0 Å². The van der Waals surface area contributed by atoms with Crippen LogP contribution in [0.25, 0.3) is 10.6 Å². The fraction of sp³-hybridized carbons (Fsp3) is 0.231. The lowest BCUT2D eigenvalue weighted by Crippen LogP contribution is -2.08. The lowest BCUT2D eigenvalue weighted by atomic mass is 10.1. The van der Waals surface area contributed by atoms with Crippen LogP contribution in [-0.2, 0) is 10.9 Å². The van der Waals surface area contributed by atoms with Gasteiger partial charge < -0.3 is 4.74 Å². The fourth-order valence-corrected chi connectivity index (χ4v) is 2.71. The van der Waals surface area contributed by atoms with E-state index in [0.29, 0.717) is 6.07 Å². The molecule has 0 saturated carbocycles. The molecule has 0 saturated heterocycles. The molecular formula is C13H9F4NO2S. The van der Waals surface area contributed by atoms with Gasteiger partial charge in [-0.15, -0.1) is 11.3 Å². The number of carbonyl (C=O) groups is 1. The lowest BCUT2D eigenvalue weighted by molar-refractivity contribution is -0.139. The number of hydrogen-bond donors (Lipinski definition) is 0. The molecular weight excluding hydrogens is 310 g/mol. The number of nitrogens with zero attached hydrogens (tertiary/aromatic N) is 1. The van der Waals surface area contributed by atoms with Crippen molar-refractivity contribution in [1.29, 1.82) is 0 Å². The van der Waals surface area contributed by atoms with Crippen LogP contribution in [0.2, 0.25) is 0 Å². The maximum absolute atomic E-state index is 14.0. The Morgan fingerprint density at radius 3 is 2.57 bits per heavy atom. The van der Waals surface area contributed by atoms with Crippen LogP contribution in [0.4, 0.5) is 17.6 Å². The van der Waals surface area contributed by atoms with Crippen molar-refractivity contribution in [3.05, 3.63) is 40.2 Å². The van der Waals surface area contributed by atoms with Crippen molar-refractivity contribution >= 4 is 17.3 Å². The second kappa shape index (κ2) is 5.44. The zero-order valence-electron chi connectivity index (χ0n) is 10.9. The molecule has 0 unspecified atom stereocenters. The average Bonchev–Trinajstić information content (AvgIpc) is 2.78. The summed E-state index contributed by atoms with van der Waals surface area (Å²) >= 11 is 0.786. The molecule has 8 heteroatoms. The third kappa shape index (κ3) is 2.90. The summed E-state index contributed by atoms with van der Waals surface area (Å²) in [5.74, 6) is -2.07. The van der Waals surface area contributed by atoms with Crippen molar-refractivity contribution in [3.63, 3.8) is 0 Å². The maximum atomic E-state index is 14.0. The summed E-state index contributed by atoms with van der Waals surface area (Å²) in [6.07, 6.45) is -4.79. The second-order valence-electron chi connectivity index (χ2n) is 4.09. The van der Waals surface area contributed by atoms with Gasteiger partial charge in [-0.25, -0.2) is 14.2 Å². The van der Waals surface area contributed by atoms with Crippen molar-refractivity contribution in [2.45, 2.75) is 13.1 Å². The van der Waals surface area contributed by atoms with Crippen molar-refractivity contribution in [3.8, 4) is 10.6 Å². The minimum atomic E-state index is -4.79. The van der Waals surface area contributed by atoms with E-state index in [1.165, 1.54) is 20.1 Å². The molecule has 0 spiro atoms. The highest BCUT2D eigenvalue weighted by Gasteiger charge is 2.35. The van der Waals surface area contributed by atoms with Gasteiger partial charge in [-0.05, 0) is 19.1 Å². The first-order chi connectivity index (χ1) is 9.75. The molecule has 0 aliphatic heterocycles. The molecule has 0 bridgehead atoms. The number of halogens is 4. The number of alkyl halides is 3. The van der Waals surface area contributed by atoms with Crippen molar-refractivity contribution in [2.75, 3.05) is 7.11 Å². The van der Waals surface area contributed by atoms with Crippen LogP contribution in [0.3, 0.4) is 0 Å². The first-order valence-corrected chi connectivity index (χ1v) is 6.49. The largest absolute Gasteiger partial charge is 0.465 e. The van der Waals surface area contributed by atoms with Crippen LogP contribution >= 0.6 is 11.3 Å². The number of methoxy groups -OCH3 is 1. The minimum Gasteiger partial charge on any atom is -0.465 e. The van der Waals surface area contributed by atoms with Gasteiger partial charge in [0, 0.05) is 5.56 Å². The van der Waals surface area contributed by atoms with Crippen molar-refractivity contribution in [2.24, 2.45) is 0 Å². The Hall–Kier alpha value is -1.96. The molecule has 1 aromatic heterocycles. The van der Waals surface area contributed by atoms with Gasteiger partial charge in [0.15, 0.2) is 0 Å². The molecule has 1 aromatic carbocycles. The van der Waals surface area contributed by atoms with E-state index in [1.54, 1.807) is 0 Å². The van der Waals surface area contributed by atoms with Gasteiger partial charge in [0.05, 0.1) is 18.4 Å². The molecule has 0 aliphatic carbocycles. The standard InChI is InChI=1S/C13H9F4NO2S/c1-6-10(12(19)20-2)21-11(18-6)7-4-3-5-8(9(7)14)13(15,16)17/h3-5H,1-2H3. The van der Waals surface area contributed by atoms with Crippen molar-refractivity contribution in [1.82, 2.24) is 4.98 Å². The fourth-order valence-electron chi connectivity index (χ4n) is 1.71. The van der Waals surface area contributed by atoms with Gasteiger partial charge in [0.1, 0.15) is 15.7 Å². The van der Waals surface area contributed by atoms with E-state index >= 15 is 0 Å². The maximum Gasteiger partial charge on any atom is 0.419 e. The number of thiazole rings is 1. The SMILES string of the molecule is COC(=O)c1sc(-c2cccc(C(F)(F)F)c2F)nc1C. The highest BCUT2D eigenvalue weighted by molar-refractivity contribution is 7.17. The Labute approximate surface area is 121 Å². The summed E-state index contributed by atoms with van der Waals surface area (Å²) in [5.41, 5.74) is -1.39. The molecule has 1 heterocycles. The molecule has 2 aromatic rings. The Morgan fingerprint density at radius 2 is 2.00 bits per heavy atom. The summed E-state index contributed by atoms with van der Waals surface area (Å²) in [4.78, 5) is 15.5. The van der Waals surface area contributed by atoms with Crippen LogP contribution < -0.4 is 0 Å². The highest BCUT2D eigenvalue weighted by Crippen LogP contribution is 2.37. The van der Waals surface area contributed by atoms with Crippen LogP contribution in [0, 0.1) is 12.7 Å². The molecule has 0 atom stereocenters. The number of benzene rings is 1. The predicted molar refractivity (Wildman–Crippen MR) is 68.6 cm³/mol. The van der Waals surface area contributed by atoms with Gasteiger partial charge in [-0.3, -0.25) is 0 Å². The Balaban J connectivity index is 2.56. The average molecular weight is 319 g/mol. The van der Waals surface area contributed by atoms with E-state index in [2.05, 4.69) is 9.72 Å².